The maximum absolute atomic E-state index is 12.4. The molecule has 154 valence electrons. The Kier molecular flexibility index (Phi) is 7.05. The number of rotatable bonds is 7. The number of aromatic carboxylic acids is 1. The van der Waals surface area contributed by atoms with Gasteiger partial charge in [-0.1, -0.05) is 41.9 Å². The minimum absolute atomic E-state index is 0.0366. The van der Waals surface area contributed by atoms with E-state index in [0.717, 1.165) is 5.56 Å². The van der Waals surface area contributed by atoms with Crippen LogP contribution in [0.3, 0.4) is 0 Å². The third kappa shape index (κ3) is 6.20. The van der Waals surface area contributed by atoms with Gasteiger partial charge in [0.2, 0.25) is 0 Å². The van der Waals surface area contributed by atoms with E-state index in [0.29, 0.717) is 22.9 Å². The molecule has 0 aromatic heterocycles. The first-order valence-corrected chi connectivity index (χ1v) is 9.56. The minimum Gasteiger partial charge on any atom is -0.489 e. The molecule has 2 N–H and O–H groups in total. The predicted octanol–water partition coefficient (Wildman–Crippen LogP) is 5.16. The lowest BCUT2D eigenvalue weighted by Crippen LogP contribution is -2.13. The number of carbonyl (C=O) groups is 2. The lowest BCUT2D eigenvalue weighted by Gasteiger charge is -2.07. The van der Waals surface area contributed by atoms with Gasteiger partial charge in [0.25, 0.3) is 5.91 Å². The fraction of sp³-hybridized carbons (Fsp3) is 0.0417. The molecule has 0 unspecified atom stereocenters. The third-order valence-electron chi connectivity index (χ3n) is 4.24. The van der Waals surface area contributed by atoms with Crippen molar-refractivity contribution in [2.75, 3.05) is 5.32 Å². The van der Waals surface area contributed by atoms with Gasteiger partial charge in [0.1, 0.15) is 24.0 Å². The van der Waals surface area contributed by atoms with E-state index in [1.54, 1.807) is 42.5 Å². The lowest BCUT2D eigenvalue weighted by molar-refractivity contribution is -0.112. The lowest BCUT2D eigenvalue weighted by atomic mass is 10.1. The molecule has 0 bridgehead atoms. The molecule has 0 spiro atoms. The molecule has 0 heterocycles. The molecule has 0 fully saturated rings. The molecule has 31 heavy (non-hydrogen) atoms. The van der Waals surface area contributed by atoms with Gasteiger partial charge >= 0.3 is 5.97 Å². The summed E-state index contributed by atoms with van der Waals surface area (Å²) in [6, 6.07) is 21.9. The highest BCUT2D eigenvalue weighted by molar-refractivity contribution is 6.30. The molecule has 0 saturated heterocycles. The number of carbonyl (C=O) groups excluding carboxylic acids is 1. The number of carboxylic acid groups (broad SMARTS) is 1. The molecule has 7 heteroatoms. The van der Waals surface area contributed by atoms with Crippen LogP contribution in [0.4, 0.5) is 5.69 Å². The Morgan fingerprint density at radius 3 is 2.42 bits per heavy atom. The van der Waals surface area contributed by atoms with Crippen molar-refractivity contribution in [2.24, 2.45) is 0 Å². The standard InChI is InChI=1S/C24H17ClN2O4/c25-20-8-4-17(5-9-20)15-31-22-10-6-16(7-11-22)12-19(14-26)23(28)27-21-3-1-2-18(13-21)24(29)30/h1-13H,15H2,(H,27,28)(H,29,30). The molecule has 0 saturated carbocycles. The summed E-state index contributed by atoms with van der Waals surface area (Å²) < 4.78 is 5.72. The number of anilines is 1. The number of amides is 1. The zero-order chi connectivity index (χ0) is 22.2. The highest BCUT2D eigenvalue weighted by Crippen LogP contribution is 2.18. The van der Waals surface area contributed by atoms with Crippen LogP contribution in [0.25, 0.3) is 6.08 Å². The van der Waals surface area contributed by atoms with E-state index in [2.05, 4.69) is 5.32 Å². The van der Waals surface area contributed by atoms with E-state index in [4.69, 9.17) is 21.4 Å². The number of hydrogen-bond acceptors (Lipinski definition) is 4. The van der Waals surface area contributed by atoms with Gasteiger partial charge in [0, 0.05) is 10.7 Å². The van der Waals surface area contributed by atoms with E-state index >= 15 is 0 Å². The highest BCUT2D eigenvalue weighted by Gasteiger charge is 2.11. The number of nitriles is 1. The number of carboxylic acids is 1. The van der Waals surface area contributed by atoms with Crippen molar-refractivity contribution in [1.82, 2.24) is 0 Å². The Balaban J connectivity index is 1.65. The van der Waals surface area contributed by atoms with Crippen LogP contribution in [0.1, 0.15) is 21.5 Å². The second-order valence-corrected chi connectivity index (χ2v) is 6.93. The first kappa shape index (κ1) is 21.6. The van der Waals surface area contributed by atoms with Gasteiger partial charge in [-0.25, -0.2) is 4.79 Å². The highest BCUT2D eigenvalue weighted by atomic mass is 35.5. The summed E-state index contributed by atoms with van der Waals surface area (Å²) in [4.78, 5) is 23.4. The number of nitrogens with zero attached hydrogens (tertiary/aromatic N) is 1. The van der Waals surface area contributed by atoms with Gasteiger partial charge < -0.3 is 15.2 Å². The van der Waals surface area contributed by atoms with E-state index in [9.17, 15) is 14.9 Å². The molecule has 0 aliphatic rings. The fourth-order valence-electron chi connectivity index (χ4n) is 2.65. The molecule has 3 aromatic carbocycles. The van der Waals surface area contributed by atoms with Crippen LogP contribution < -0.4 is 10.1 Å². The van der Waals surface area contributed by atoms with Crippen molar-refractivity contribution in [3.63, 3.8) is 0 Å². The number of hydrogen-bond donors (Lipinski definition) is 2. The van der Waals surface area contributed by atoms with Crippen LogP contribution in [0.2, 0.25) is 5.02 Å². The number of nitrogens with one attached hydrogen (secondary N) is 1. The number of benzene rings is 3. The summed E-state index contributed by atoms with van der Waals surface area (Å²) in [5, 5.41) is 21.6. The van der Waals surface area contributed by atoms with E-state index in [-0.39, 0.29) is 16.8 Å². The van der Waals surface area contributed by atoms with Gasteiger partial charge in [-0.15, -0.1) is 0 Å². The van der Waals surface area contributed by atoms with Crippen molar-refractivity contribution >= 4 is 35.2 Å². The smallest absolute Gasteiger partial charge is 0.335 e. The Labute approximate surface area is 184 Å². The van der Waals surface area contributed by atoms with Gasteiger partial charge in [0.15, 0.2) is 0 Å². The zero-order valence-electron chi connectivity index (χ0n) is 16.2. The SMILES string of the molecule is N#CC(=Cc1ccc(OCc2ccc(Cl)cc2)cc1)C(=O)Nc1cccc(C(=O)O)c1. The maximum atomic E-state index is 12.4. The summed E-state index contributed by atoms with van der Waals surface area (Å²) >= 11 is 5.87. The van der Waals surface area contributed by atoms with Gasteiger partial charge in [-0.3, -0.25) is 4.79 Å². The van der Waals surface area contributed by atoms with E-state index in [1.807, 2.05) is 18.2 Å². The first-order valence-electron chi connectivity index (χ1n) is 9.18. The molecule has 0 atom stereocenters. The monoisotopic (exact) mass is 432 g/mol. The van der Waals surface area contributed by atoms with Crippen molar-refractivity contribution in [3.8, 4) is 11.8 Å². The average Bonchev–Trinajstić information content (AvgIpc) is 2.78. The van der Waals surface area contributed by atoms with Crippen molar-refractivity contribution in [1.29, 1.82) is 5.26 Å². The molecule has 1 amide bonds. The van der Waals surface area contributed by atoms with Crippen LogP contribution in [0.5, 0.6) is 5.75 Å². The van der Waals surface area contributed by atoms with E-state index < -0.39 is 11.9 Å². The van der Waals surface area contributed by atoms with Crippen molar-refractivity contribution < 1.29 is 19.4 Å². The first-order chi connectivity index (χ1) is 14.9. The normalized spacial score (nSPS) is 10.8. The summed E-state index contributed by atoms with van der Waals surface area (Å²) in [6.07, 6.45) is 1.44. The second-order valence-electron chi connectivity index (χ2n) is 6.49. The van der Waals surface area contributed by atoms with Gasteiger partial charge in [0.05, 0.1) is 5.56 Å². The molecule has 0 radical (unpaired) electrons. The van der Waals surface area contributed by atoms with Crippen LogP contribution in [-0.2, 0) is 11.4 Å². The Hall–Kier alpha value is -4.08. The maximum Gasteiger partial charge on any atom is 0.335 e. The summed E-state index contributed by atoms with van der Waals surface area (Å²) in [7, 11) is 0. The summed E-state index contributed by atoms with van der Waals surface area (Å²) in [5.74, 6) is -1.10. The van der Waals surface area contributed by atoms with Crippen LogP contribution in [-0.4, -0.2) is 17.0 Å². The Morgan fingerprint density at radius 2 is 1.77 bits per heavy atom. The number of ether oxygens (including phenoxy) is 1. The summed E-state index contributed by atoms with van der Waals surface area (Å²) in [5.41, 5.74) is 1.83. The Bertz CT molecular complexity index is 1160. The van der Waals surface area contributed by atoms with Crippen LogP contribution in [0, 0.1) is 11.3 Å². The van der Waals surface area contributed by atoms with Crippen molar-refractivity contribution in [3.05, 3.63) is 100 Å². The third-order valence-corrected chi connectivity index (χ3v) is 4.49. The molecule has 0 aliphatic carbocycles. The molecule has 0 aliphatic heterocycles. The minimum atomic E-state index is -1.11. The molecular weight excluding hydrogens is 416 g/mol. The number of halogens is 1. The Morgan fingerprint density at radius 1 is 1.06 bits per heavy atom. The van der Waals surface area contributed by atoms with Gasteiger partial charge in [-0.2, -0.15) is 5.26 Å². The van der Waals surface area contributed by atoms with Crippen LogP contribution >= 0.6 is 11.6 Å². The van der Waals surface area contributed by atoms with Crippen LogP contribution in [0.15, 0.2) is 78.4 Å². The molecule has 6 nitrogen and oxygen atoms in total. The van der Waals surface area contributed by atoms with Gasteiger partial charge in [-0.05, 0) is 59.7 Å². The molecular formula is C24H17ClN2O4. The molecule has 3 rings (SSSR count). The average molecular weight is 433 g/mol. The van der Waals surface area contributed by atoms with Crippen molar-refractivity contribution in [2.45, 2.75) is 6.61 Å². The fourth-order valence-corrected chi connectivity index (χ4v) is 2.78. The largest absolute Gasteiger partial charge is 0.489 e. The topological polar surface area (TPSA) is 99.4 Å². The summed E-state index contributed by atoms with van der Waals surface area (Å²) in [6.45, 7) is 0.383. The molecule has 3 aromatic rings. The quantitative estimate of drug-likeness (QED) is 0.396. The zero-order valence-corrected chi connectivity index (χ0v) is 17.0. The second kappa shape index (κ2) is 10.1. The van der Waals surface area contributed by atoms with E-state index in [1.165, 1.54) is 24.3 Å². The predicted molar refractivity (Wildman–Crippen MR) is 118 cm³/mol.